The van der Waals surface area contributed by atoms with Gasteiger partial charge in [-0.2, -0.15) is 15.8 Å². The third-order valence-electron chi connectivity index (χ3n) is 6.80. The zero-order chi connectivity index (χ0) is 33.6. The average molecular weight is 593 g/mol. The van der Waals surface area contributed by atoms with Crippen LogP contribution in [0.1, 0.15) is 136 Å². The first-order valence-electron chi connectivity index (χ1n) is 14.9. The van der Waals surface area contributed by atoms with Gasteiger partial charge in [0.1, 0.15) is 0 Å². The molecule has 44 heavy (non-hydrogen) atoms. The summed E-state index contributed by atoms with van der Waals surface area (Å²) in [5.74, 6) is 2.29. The lowest BCUT2D eigenvalue weighted by Gasteiger charge is -2.22. The van der Waals surface area contributed by atoms with E-state index < -0.39 is 0 Å². The van der Waals surface area contributed by atoms with E-state index >= 15 is 0 Å². The van der Waals surface area contributed by atoms with Gasteiger partial charge in [-0.1, -0.05) is 132 Å². The first-order valence-corrected chi connectivity index (χ1v) is 14.9. The number of hydrogen-bond acceptors (Lipinski definition) is 3. The molecule has 0 heterocycles. The number of nitrogens with zero attached hydrogens (tertiary/aromatic N) is 4. The van der Waals surface area contributed by atoms with Crippen molar-refractivity contribution >= 4 is 5.69 Å². The Morgan fingerprint density at radius 2 is 1.09 bits per heavy atom. The molecule has 3 rings (SSSR count). The lowest BCUT2D eigenvalue weighted by molar-refractivity contribution is 0.283. The van der Waals surface area contributed by atoms with Crippen LogP contribution >= 0.6 is 0 Å². The zero-order valence-corrected chi connectivity index (χ0v) is 28.5. The molecule has 0 N–H and O–H groups in total. The van der Waals surface area contributed by atoms with Crippen LogP contribution in [-0.2, 0) is 0 Å². The fourth-order valence-corrected chi connectivity index (χ4v) is 2.99. The van der Waals surface area contributed by atoms with Crippen LogP contribution in [0.2, 0.25) is 0 Å². The van der Waals surface area contributed by atoms with E-state index in [1.807, 2.05) is 72.8 Å². The van der Waals surface area contributed by atoms with E-state index in [0.29, 0.717) is 23.2 Å². The van der Waals surface area contributed by atoms with E-state index in [4.69, 9.17) is 22.4 Å². The SMILES string of the molecule is C.CC#N.CC(C)C(C)(C)C.CC(C)c1ccc(C#N)cc1.CC(C)c1cccc(C#N)c1.[C-]#[N+]c1ccccc1C(C)C. The molecule has 0 radical (unpaired) electrons. The normalized spacial score (nSPS) is 9.45. The Morgan fingerprint density at radius 3 is 1.43 bits per heavy atom. The third kappa shape index (κ3) is 19.7. The van der Waals surface area contributed by atoms with Gasteiger partial charge in [-0.25, -0.2) is 4.85 Å². The van der Waals surface area contributed by atoms with E-state index in [9.17, 15) is 0 Å². The molecule has 0 aliphatic carbocycles. The van der Waals surface area contributed by atoms with Gasteiger partial charge in [-0.15, -0.1) is 0 Å². The molecule has 4 nitrogen and oxygen atoms in total. The van der Waals surface area contributed by atoms with E-state index in [-0.39, 0.29) is 7.43 Å². The zero-order valence-electron chi connectivity index (χ0n) is 28.5. The largest absolute Gasteiger partial charge is 0.238 e. The van der Waals surface area contributed by atoms with Gasteiger partial charge < -0.3 is 0 Å². The monoisotopic (exact) mass is 592 g/mol. The Hall–Kier alpha value is -4.38. The summed E-state index contributed by atoms with van der Waals surface area (Å²) in [4.78, 5) is 3.44. The van der Waals surface area contributed by atoms with Gasteiger partial charge in [-0.05, 0) is 70.0 Å². The Balaban J connectivity index is -0.000000496. The van der Waals surface area contributed by atoms with Gasteiger partial charge in [-0.3, -0.25) is 0 Å². The van der Waals surface area contributed by atoms with E-state index in [1.165, 1.54) is 18.1 Å². The van der Waals surface area contributed by atoms with Crippen LogP contribution in [0.25, 0.3) is 4.85 Å². The standard InChI is InChI=1S/3C10H11N.C7H16.C2H3N.CH4/c1-8(2)9-6-4-5-7-10(9)11-3;1-8(2)10-5-3-9(7-11)4-6-10;1-8(2)10-5-3-4-9(6-10)7-11;1-6(2)7(3,4)5;1-2-3;/h4-8H,1-2H3;2*3-6,8H,1-2H3;6H,1-5H3;1H3;1H4. The van der Waals surface area contributed by atoms with Gasteiger partial charge in [0.2, 0.25) is 0 Å². The molecule has 0 aromatic heterocycles. The van der Waals surface area contributed by atoms with Crippen molar-refractivity contribution in [2.45, 2.75) is 108 Å². The Kier molecular flexibility index (Phi) is 24.1. The second-order valence-electron chi connectivity index (χ2n) is 12.4. The van der Waals surface area contributed by atoms with Crippen molar-refractivity contribution in [2.75, 3.05) is 0 Å². The van der Waals surface area contributed by atoms with Gasteiger partial charge in [0.05, 0.1) is 35.9 Å². The summed E-state index contributed by atoms with van der Waals surface area (Å²) < 4.78 is 0. The average Bonchev–Trinajstić information content (AvgIpc) is 2.98. The molecule has 0 spiro atoms. The summed E-state index contributed by atoms with van der Waals surface area (Å²) >= 11 is 0. The number of para-hydroxylation sites is 1. The van der Waals surface area contributed by atoms with Gasteiger partial charge in [0, 0.05) is 6.92 Å². The predicted octanol–water partition coefficient (Wildman–Crippen LogP) is 12.6. The number of rotatable bonds is 3. The summed E-state index contributed by atoms with van der Waals surface area (Å²) in [6, 6.07) is 29.2. The molecule has 0 unspecified atom stereocenters. The van der Waals surface area contributed by atoms with Crippen molar-refractivity contribution in [1.29, 1.82) is 15.8 Å². The molecule has 236 valence electrons. The summed E-state index contributed by atoms with van der Waals surface area (Å²) in [5, 5.41) is 24.4. The van der Waals surface area contributed by atoms with Crippen LogP contribution in [0.3, 0.4) is 0 Å². The highest BCUT2D eigenvalue weighted by atomic mass is 14.6. The van der Waals surface area contributed by atoms with Gasteiger partial charge >= 0.3 is 0 Å². The highest BCUT2D eigenvalue weighted by Crippen LogP contribution is 2.26. The Morgan fingerprint density at radius 1 is 0.636 bits per heavy atom. The summed E-state index contributed by atoms with van der Waals surface area (Å²) in [6.07, 6.45) is 0. The first-order chi connectivity index (χ1) is 20.1. The molecule has 0 aliphatic rings. The van der Waals surface area contributed by atoms with Gasteiger partial charge in [0.25, 0.3) is 0 Å². The van der Waals surface area contributed by atoms with E-state index in [0.717, 1.165) is 28.3 Å². The number of hydrogen-bond donors (Lipinski definition) is 0. The lowest BCUT2D eigenvalue weighted by atomic mass is 9.84. The fraction of sp³-hybridized carbons (Fsp3) is 0.450. The fourth-order valence-electron chi connectivity index (χ4n) is 2.99. The molecule has 0 fully saturated rings. The molecular formula is C40H56N4. The molecule has 0 aliphatic heterocycles. The van der Waals surface area contributed by atoms with Crippen LogP contribution in [0, 0.1) is 51.9 Å². The maximum Gasteiger partial charge on any atom is 0.190 e. The quantitative estimate of drug-likeness (QED) is 0.284. The minimum Gasteiger partial charge on any atom is -0.238 e. The molecular weight excluding hydrogens is 536 g/mol. The molecule has 3 aromatic carbocycles. The molecule has 3 aromatic rings. The Bertz CT molecular complexity index is 1340. The molecule has 0 bridgehead atoms. The molecule has 4 heteroatoms. The maximum atomic E-state index is 8.59. The second-order valence-corrected chi connectivity index (χ2v) is 12.4. The van der Waals surface area contributed by atoms with E-state index in [2.05, 4.69) is 93.1 Å². The van der Waals surface area contributed by atoms with Gasteiger partial charge in [0.15, 0.2) is 5.69 Å². The van der Waals surface area contributed by atoms with Crippen LogP contribution in [-0.4, -0.2) is 0 Å². The minimum atomic E-state index is 0. The second kappa shape index (κ2) is 24.1. The van der Waals surface area contributed by atoms with Crippen molar-refractivity contribution in [3.8, 4) is 18.2 Å². The number of nitriles is 3. The lowest BCUT2D eigenvalue weighted by Crippen LogP contribution is -2.12. The molecule has 0 amide bonds. The minimum absolute atomic E-state index is 0. The molecule has 0 saturated heterocycles. The van der Waals surface area contributed by atoms with E-state index in [1.54, 1.807) is 6.07 Å². The van der Waals surface area contributed by atoms with Crippen LogP contribution in [0.4, 0.5) is 5.69 Å². The highest BCUT2D eigenvalue weighted by Gasteiger charge is 2.13. The summed E-state index contributed by atoms with van der Waals surface area (Å²) in [6.45, 7) is 32.3. The highest BCUT2D eigenvalue weighted by molar-refractivity contribution is 5.53. The van der Waals surface area contributed by atoms with Crippen molar-refractivity contribution in [3.05, 3.63) is 112 Å². The van der Waals surface area contributed by atoms with Crippen LogP contribution in [0.15, 0.2) is 72.8 Å². The first kappa shape index (κ1) is 44.1. The molecule has 0 atom stereocenters. The van der Waals surface area contributed by atoms with Crippen molar-refractivity contribution in [3.63, 3.8) is 0 Å². The third-order valence-corrected chi connectivity index (χ3v) is 6.80. The predicted molar refractivity (Wildman–Crippen MR) is 190 cm³/mol. The van der Waals surface area contributed by atoms with Crippen LogP contribution < -0.4 is 0 Å². The van der Waals surface area contributed by atoms with Crippen molar-refractivity contribution < 1.29 is 0 Å². The maximum absolute atomic E-state index is 8.59. The van der Waals surface area contributed by atoms with Crippen molar-refractivity contribution in [2.24, 2.45) is 11.3 Å². The summed E-state index contributed by atoms with van der Waals surface area (Å²) in [7, 11) is 0. The van der Waals surface area contributed by atoms with Crippen molar-refractivity contribution in [1.82, 2.24) is 0 Å². The molecule has 0 saturated carbocycles. The summed E-state index contributed by atoms with van der Waals surface area (Å²) in [5.41, 5.74) is 6.41. The van der Waals surface area contributed by atoms with Crippen LogP contribution in [0.5, 0.6) is 0 Å². The smallest absolute Gasteiger partial charge is 0.190 e. The topological polar surface area (TPSA) is 75.7 Å². The Labute approximate surface area is 270 Å². The number of benzene rings is 3.